The number of nitrogens with one attached hydrogen (secondary N) is 1. The molecule has 0 amide bonds. The molecule has 1 fully saturated rings. The SMILES string of the molecule is Cc1cc(N2Cc3ccccc3C2)ccc1CNC1CC1. The Morgan fingerprint density at radius 2 is 1.76 bits per heavy atom. The van der Waals surface area contributed by atoms with Crippen molar-refractivity contribution in [1.29, 1.82) is 0 Å². The van der Waals surface area contributed by atoms with Crippen LogP contribution >= 0.6 is 0 Å². The Bertz CT molecular complexity index is 633. The molecule has 21 heavy (non-hydrogen) atoms. The van der Waals surface area contributed by atoms with Crippen molar-refractivity contribution >= 4 is 5.69 Å². The van der Waals surface area contributed by atoms with Crippen molar-refractivity contribution in [2.75, 3.05) is 4.90 Å². The highest BCUT2D eigenvalue weighted by molar-refractivity contribution is 5.54. The van der Waals surface area contributed by atoms with Crippen LogP contribution in [0.2, 0.25) is 0 Å². The van der Waals surface area contributed by atoms with Gasteiger partial charge in [-0.3, -0.25) is 0 Å². The van der Waals surface area contributed by atoms with E-state index < -0.39 is 0 Å². The largest absolute Gasteiger partial charge is 0.363 e. The first kappa shape index (κ1) is 12.9. The summed E-state index contributed by atoms with van der Waals surface area (Å²) in [7, 11) is 0. The molecule has 0 spiro atoms. The van der Waals surface area contributed by atoms with Gasteiger partial charge in [-0.15, -0.1) is 0 Å². The van der Waals surface area contributed by atoms with E-state index in [0.29, 0.717) is 0 Å². The summed E-state index contributed by atoms with van der Waals surface area (Å²) in [6.07, 6.45) is 2.70. The number of nitrogens with zero attached hydrogens (tertiary/aromatic N) is 1. The van der Waals surface area contributed by atoms with Crippen LogP contribution in [0.3, 0.4) is 0 Å². The number of fused-ring (bicyclic) bond motifs is 1. The summed E-state index contributed by atoms with van der Waals surface area (Å²) in [6, 6.07) is 16.5. The number of hydrogen-bond donors (Lipinski definition) is 1. The molecule has 1 aliphatic carbocycles. The summed E-state index contributed by atoms with van der Waals surface area (Å²) in [4.78, 5) is 2.47. The molecule has 0 unspecified atom stereocenters. The molecule has 1 heterocycles. The van der Waals surface area contributed by atoms with Crippen molar-refractivity contribution in [2.24, 2.45) is 0 Å². The molecule has 1 N–H and O–H groups in total. The molecule has 2 heteroatoms. The predicted octanol–water partition coefficient (Wildman–Crippen LogP) is 3.77. The molecule has 108 valence electrons. The molecule has 1 saturated carbocycles. The second kappa shape index (κ2) is 5.19. The van der Waals surface area contributed by atoms with Crippen LogP contribution in [0, 0.1) is 6.92 Å². The Kier molecular flexibility index (Phi) is 3.19. The Morgan fingerprint density at radius 3 is 2.38 bits per heavy atom. The zero-order chi connectivity index (χ0) is 14.2. The number of aryl methyl sites for hydroxylation is 1. The number of benzene rings is 2. The van der Waals surface area contributed by atoms with Gasteiger partial charge in [0.25, 0.3) is 0 Å². The molecule has 2 nitrogen and oxygen atoms in total. The van der Waals surface area contributed by atoms with Gasteiger partial charge >= 0.3 is 0 Å². The van der Waals surface area contributed by atoms with E-state index in [-0.39, 0.29) is 0 Å². The lowest BCUT2D eigenvalue weighted by Gasteiger charge is -2.19. The van der Waals surface area contributed by atoms with E-state index in [2.05, 4.69) is 59.6 Å². The number of anilines is 1. The fourth-order valence-electron chi connectivity index (χ4n) is 3.13. The van der Waals surface area contributed by atoms with Gasteiger partial charge in [-0.2, -0.15) is 0 Å². The summed E-state index contributed by atoms with van der Waals surface area (Å²) in [5.41, 5.74) is 7.11. The Hall–Kier alpha value is -1.80. The van der Waals surface area contributed by atoms with Gasteiger partial charge in [0.05, 0.1) is 0 Å². The molecular weight excluding hydrogens is 256 g/mol. The van der Waals surface area contributed by atoms with E-state index in [1.165, 1.54) is 40.8 Å². The highest BCUT2D eigenvalue weighted by Gasteiger charge is 2.21. The van der Waals surface area contributed by atoms with Gasteiger partial charge < -0.3 is 10.2 Å². The number of rotatable bonds is 4. The molecule has 0 radical (unpaired) electrons. The van der Waals surface area contributed by atoms with Crippen LogP contribution in [-0.4, -0.2) is 6.04 Å². The van der Waals surface area contributed by atoms with E-state index in [1.54, 1.807) is 0 Å². The molecule has 0 aromatic heterocycles. The first-order chi connectivity index (χ1) is 10.3. The van der Waals surface area contributed by atoms with Crippen molar-refractivity contribution in [3.8, 4) is 0 Å². The maximum absolute atomic E-state index is 3.60. The third kappa shape index (κ3) is 2.68. The zero-order valence-electron chi connectivity index (χ0n) is 12.6. The van der Waals surface area contributed by atoms with Gasteiger partial charge in [0.2, 0.25) is 0 Å². The van der Waals surface area contributed by atoms with Crippen molar-refractivity contribution < 1.29 is 0 Å². The second-order valence-electron chi connectivity index (χ2n) is 6.39. The van der Waals surface area contributed by atoms with Crippen molar-refractivity contribution in [2.45, 2.75) is 45.4 Å². The molecule has 1 aliphatic heterocycles. The van der Waals surface area contributed by atoms with Crippen LogP contribution in [0.1, 0.15) is 35.1 Å². The minimum absolute atomic E-state index is 0.775. The number of hydrogen-bond acceptors (Lipinski definition) is 2. The van der Waals surface area contributed by atoms with Crippen molar-refractivity contribution in [3.05, 3.63) is 64.7 Å². The fourth-order valence-corrected chi connectivity index (χ4v) is 3.13. The zero-order valence-corrected chi connectivity index (χ0v) is 12.6. The molecule has 2 aliphatic rings. The summed E-state index contributed by atoms with van der Waals surface area (Å²) in [5, 5.41) is 3.60. The average Bonchev–Trinajstić information content (AvgIpc) is 3.22. The van der Waals surface area contributed by atoms with E-state index in [4.69, 9.17) is 0 Å². The third-order valence-electron chi connectivity index (χ3n) is 4.69. The molecule has 2 aromatic carbocycles. The smallest absolute Gasteiger partial charge is 0.0436 e. The molecule has 0 saturated heterocycles. The van der Waals surface area contributed by atoms with Gasteiger partial charge in [0.15, 0.2) is 0 Å². The minimum Gasteiger partial charge on any atom is -0.363 e. The lowest BCUT2D eigenvalue weighted by Crippen LogP contribution is -2.17. The predicted molar refractivity (Wildman–Crippen MR) is 87.4 cm³/mol. The van der Waals surface area contributed by atoms with Gasteiger partial charge in [-0.05, 0) is 54.2 Å². The lowest BCUT2D eigenvalue weighted by molar-refractivity contribution is 0.685. The van der Waals surface area contributed by atoms with Crippen molar-refractivity contribution in [3.63, 3.8) is 0 Å². The average molecular weight is 278 g/mol. The third-order valence-corrected chi connectivity index (χ3v) is 4.69. The standard InChI is InChI=1S/C19H22N2/c1-14-10-19(9-6-15(14)11-20-18-7-8-18)21-12-16-4-2-3-5-17(16)13-21/h2-6,9-10,18,20H,7-8,11-13H2,1H3. The van der Waals surface area contributed by atoms with Gasteiger partial charge in [-0.1, -0.05) is 30.3 Å². The van der Waals surface area contributed by atoms with Crippen LogP contribution in [0.5, 0.6) is 0 Å². The second-order valence-corrected chi connectivity index (χ2v) is 6.39. The van der Waals surface area contributed by atoms with E-state index >= 15 is 0 Å². The highest BCUT2D eigenvalue weighted by atomic mass is 15.1. The van der Waals surface area contributed by atoms with Crippen molar-refractivity contribution in [1.82, 2.24) is 5.32 Å². The van der Waals surface area contributed by atoms with Gasteiger partial charge in [0.1, 0.15) is 0 Å². The summed E-state index contributed by atoms with van der Waals surface area (Å²) < 4.78 is 0. The lowest BCUT2D eigenvalue weighted by atomic mass is 10.1. The van der Waals surface area contributed by atoms with Crippen LogP contribution < -0.4 is 10.2 Å². The normalized spacial score (nSPS) is 17.1. The Labute approximate surface area is 126 Å². The molecule has 2 aromatic rings. The molecule has 4 rings (SSSR count). The minimum atomic E-state index is 0.775. The van der Waals surface area contributed by atoms with Crippen LogP contribution in [0.4, 0.5) is 5.69 Å². The van der Waals surface area contributed by atoms with Gasteiger partial charge in [-0.25, -0.2) is 0 Å². The highest BCUT2D eigenvalue weighted by Crippen LogP contribution is 2.29. The van der Waals surface area contributed by atoms with Crippen LogP contribution in [0.25, 0.3) is 0 Å². The van der Waals surface area contributed by atoms with Crippen LogP contribution in [-0.2, 0) is 19.6 Å². The Morgan fingerprint density at radius 1 is 1.05 bits per heavy atom. The van der Waals surface area contributed by atoms with E-state index in [9.17, 15) is 0 Å². The topological polar surface area (TPSA) is 15.3 Å². The maximum Gasteiger partial charge on any atom is 0.0436 e. The van der Waals surface area contributed by atoms with E-state index in [1.807, 2.05) is 0 Å². The quantitative estimate of drug-likeness (QED) is 0.916. The van der Waals surface area contributed by atoms with Crippen LogP contribution in [0.15, 0.2) is 42.5 Å². The Balaban J connectivity index is 1.50. The molecular formula is C19H22N2. The first-order valence-electron chi connectivity index (χ1n) is 7.94. The molecule has 0 atom stereocenters. The molecule has 0 bridgehead atoms. The first-order valence-corrected chi connectivity index (χ1v) is 7.94. The fraction of sp³-hybridized carbons (Fsp3) is 0.368. The summed E-state index contributed by atoms with van der Waals surface area (Å²) in [5.74, 6) is 0. The monoisotopic (exact) mass is 278 g/mol. The maximum atomic E-state index is 3.60. The van der Waals surface area contributed by atoms with E-state index in [0.717, 1.165) is 25.7 Å². The summed E-state index contributed by atoms with van der Waals surface area (Å²) in [6.45, 7) is 5.32. The van der Waals surface area contributed by atoms with Gasteiger partial charge in [0, 0.05) is 31.4 Å². The summed E-state index contributed by atoms with van der Waals surface area (Å²) >= 11 is 0.